The van der Waals surface area contributed by atoms with Crippen LogP contribution in [-0.4, -0.2) is 9.91 Å². The van der Waals surface area contributed by atoms with Crippen LogP contribution in [-0.2, 0) is 6.42 Å². The number of nitro groups is 1. The van der Waals surface area contributed by atoms with E-state index in [0.29, 0.717) is 16.6 Å². The Morgan fingerprint density at radius 2 is 2.20 bits per heavy atom. The van der Waals surface area contributed by atoms with Gasteiger partial charge in [-0.2, -0.15) is 0 Å². The van der Waals surface area contributed by atoms with Crippen molar-refractivity contribution in [2.24, 2.45) is 0 Å². The molecule has 0 atom stereocenters. The van der Waals surface area contributed by atoms with E-state index in [4.69, 9.17) is 10.5 Å². The normalized spacial score (nSPS) is 10.3. The number of rotatable bonds is 4. The van der Waals surface area contributed by atoms with Gasteiger partial charge in [-0.3, -0.25) is 10.1 Å². The summed E-state index contributed by atoms with van der Waals surface area (Å²) < 4.78 is 6.16. The molecular formula is C13H12BrN3O3. The Labute approximate surface area is 123 Å². The molecule has 0 amide bonds. The number of nitrogen functional groups attached to an aromatic ring is 1. The molecule has 0 aliphatic rings. The highest BCUT2D eigenvalue weighted by atomic mass is 79.9. The van der Waals surface area contributed by atoms with Gasteiger partial charge in [-0.05, 0) is 40.0 Å². The predicted octanol–water partition coefficient (Wildman–Crippen LogP) is 3.69. The van der Waals surface area contributed by atoms with Crippen LogP contribution in [0.1, 0.15) is 12.5 Å². The van der Waals surface area contributed by atoms with Crippen LogP contribution >= 0.6 is 15.9 Å². The minimum Gasteiger partial charge on any atom is -0.430 e. The number of nitro benzene ring substituents is 1. The summed E-state index contributed by atoms with van der Waals surface area (Å²) in [4.78, 5) is 14.6. The number of nitrogens with zero attached hydrogens (tertiary/aromatic N) is 2. The van der Waals surface area contributed by atoms with Gasteiger partial charge >= 0.3 is 5.69 Å². The lowest BCUT2D eigenvalue weighted by Crippen LogP contribution is -1.98. The lowest BCUT2D eigenvalue weighted by atomic mass is 10.1. The van der Waals surface area contributed by atoms with E-state index in [1.807, 2.05) is 6.92 Å². The molecule has 2 N–H and O–H groups in total. The van der Waals surface area contributed by atoms with E-state index in [0.717, 1.165) is 5.56 Å². The summed E-state index contributed by atoms with van der Waals surface area (Å²) in [7, 11) is 0. The van der Waals surface area contributed by atoms with E-state index in [2.05, 4.69) is 20.9 Å². The molecule has 0 saturated heterocycles. The molecule has 2 aromatic rings. The van der Waals surface area contributed by atoms with Gasteiger partial charge in [-0.15, -0.1) is 0 Å². The van der Waals surface area contributed by atoms with Crippen molar-refractivity contribution in [1.29, 1.82) is 0 Å². The Morgan fingerprint density at radius 1 is 1.45 bits per heavy atom. The molecule has 20 heavy (non-hydrogen) atoms. The van der Waals surface area contributed by atoms with Crippen molar-refractivity contribution in [3.63, 3.8) is 0 Å². The van der Waals surface area contributed by atoms with Crippen LogP contribution in [0.2, 0.25) is 0 Å². The minimum atomic E-state index is -0.483. The van der Waals surface area contributed by atoms with E-state index in [1.165, 1.54) is 12.3 Å². The molecule has 7 heteroatoms. The summed E-state index contributed by atoms with van der Waals surface area (Å²) in [5.74, 6) is 0.259. The minimum absolute atomic E-state index is 0.103. The number of anilines is 1. The average Bonchev–Trinajstić information content (AvgIpc) is 2.42. The van der Waals surface area contributed by atoms with Crippen LogP contribution in [0, 0.1) is 10.1 Å². The van der Waals surface area contributed by atoms with Gasteiger partial charge in [-0.1, -0.05) is 13.0 Å². The maximum atomic E-state index is 11.1. The summed E-state index contributed by atoms with van der Waals surface area (Å²) in [6.07, 6.45) is 2.22. The number of hydrogen-bond donors (Lipinski definition) is 1. The maximum Gasteiger partial charge on any atom is 0.311 e. The van der Waals surface area contributed by atoms with Crippen LogP contribution in [0.25, 0.3) is 0 Å². The molecule has 0 unspecified atom stereocenters. The number of benzene rings is 1. The first-order valence-corrected chi connectivity index (χ1v) is 6.66. The SMILES string of the molecule is CCc1ccc(Oc2ncc(Br)cc2N)c([N+](=O)[O-])c1. The molecule has 0 spiro atoms. The predicted molar refractivity (Wildman–Crippen MR) is 78.9 cm³/mol. The zero-order valence-electron chi connectivity index (χ0n) is 10.7. The Hall–Kier alpha value is -2.15. The smallest absolute Gasteiger partial charge is 0.311 e. The van der Waals surface area contributed by atoms with Crippen molar-refractivity contribution in [2.75, 3.05) is 5.73 Å². The first kappa shape index (κ1) is 14.3. The number of halogens is 1. The first-order valence-electron chi connectivity index (χ1n) is 5.87. The topological polar surface area (TPSA) is 91.3 Å². The number of ether oxygens (including phenoxy) is 1. The highest BCUT2D eigenvalue weighted by molar-refractivity contribution is 9.10. The molecular weight excluding hydrogens is 326 g/mol. The molecule has 0 bridgehead atoms. The summed E-state index contributed by atoms with van der Waals surface area (Å²) in [6, 6.07) is 6.44. The molecule has 0 aliphatic heterocycles. The third-order valence-electron chi connectivity index (χ3n) is 2.68. The molecule has 1 aromatic heterocycles. The van der Waals surface area contributed by atoms with Crippen molar-refractivity contribution in [2.45, 2.75) is 13.3 Å². The number of aryl methyl sites for hydroxylation is 1. The molecule has 0 radical (unpaired) electrons. The van der Waals surface area contributed by atoms with Crippen LogP contribution in [0.4, 0.5) is 11.4 Å². The van der Waals surface area contributed by atoms with Crippen molar-refractivity contribution in [3.8, 4) is 11.6 Å². The lowest BCUT2D eigenvalue weighted by molar-refractivity contribution is -0.385. The second-order valence-electron chi connectivity index (χ2n) is 4.06. The third-order valence-corrected chi connectivity index (χ3v) is 3.11. The van der Waals surface area contributed by atoms with E-state index in [1.54, 1.807) is 18.2 Å². The summed E-state index contributed by atoms with van der Waals surface area (Å²) >= 11 is 3.23. The Kier molecular flexibility index (Phi) is 4.19. The third kappa shape index (κ3) is 3.05. The van der Waals surface area contributed by atoms with Crippen molar-refractivity contribution < 1.29 is 9.66 Å². The summed E-state index contributed by atoms with van der Waals surface area (Å²) in [6.45, 7) is 1.92. The zero-order valence-corrected chi connectivity index (χ0v) is 12.3. The van der Waals surface area contributed by atoms with Gasteiger partial charge in [-0.25, -0.2) is 4.98 Å². The number of hydrogen-bond acceptors (Lipinski definition) is 5. The Morgan fingerprint density at radius 3 is 2.80 bits per heavy atom. The molecule has 2 rings (SSSR count). The first-order chi connectivity index (χ1) is 9.51. The van der Waals surface area contributed by atoms with Crippen LogP contribution < -0.4 is 10.5 Å². The fourth-order valence-electron chi connectivity index (χ4n) is 1.64. The molecule has 104 valence electrons. The van der Waals surface area contributed by atoms with E-state index in [-0.39, 0.29) is 17.3 Å². The lowest BCUT2D eigenvalue weighted by Gasteiger charge is -2.08. The maximum absolute atomic E-state index is 11.1. The average molecular weight is 338 g/mol. The number of aromatic nitrogens is 1. The van der Waals surface area contributed by atoms with E-state index >= 15 is 0 Å². The number of pyridine rings is 1. The second kappa shape index (κ2) is 5.87. The summed E-state index contributed by atoms with van der Waals surface area (Å²) in [5.41, 5.74) is 6.82. The number of nitrogens with two attached hydrogens (primary N) is 1. The molecule has 0 fully saturated rings. The van der Waals surface area contributed by atoms with Gasteiger partial charge in [0.15, 0.2) is 0 Å². The van der Waals surface area contributed by atoms with E-state index in [9.17, 15) is 10.1 Å². The van der Waals surface area contributed by atoms with Gasteiger partial charge in [0.25, 0.3) is 0 Å². The van der Waals surface area contributed by atoms with Crippen LogP contribution in [0.5, 0.6) is 11.6 Å². The van der Waals surface area contributed by atoms with Crippen molar-refractivity contribution in [1.82, 2.24) is 4.98 Å². The fraction of sp³-hybridized carbons (Fsp3) is 0.154. The molecule has 0 saturated carbocycles. The van der Waals surface area contributed by atoms with Crippen molar-refractivity contribution in [3.05, 3.63) is 50.6 Å². The summed E-state index contributed by atoms with van der Waals surface area (Å²) in [5, 5.41) is 11.1. The standard InChI is InChI=1S/C13H12BrN3O3/c1-2-8-3-4-12(11(5-8)17(18)19)20-13-10(15)6-9(14)7-16-13/h3-7H,2,15H2,1H3. The molecule has 1 aromatic carbocycles. The van der Waals surface area contributed by atoms with Crippen LogP contribution in [0.3, 0.4) is 0 Å². The van der Waals surface area contributed by atoms with Gasteiger partial charge in [0.2, 0.25) is 11.6 Å². The highest BCUT2D eigenvalue weighted by Gasteiger charge is 2.18. The molecule has 0 aliphatic carbocycles. The molecule has 1 heterocycles. The van der Waals surface area contributed by atoms with Crippen LogP contribution in [0.15, 0.2) is 34.9 Å². The monoisotopic (exact) mass is 337 g/mol. The Bertz CT molecular complexity index is 661. The quantitative estimate of drug-likeness (QED) is 0.678. The van der Waals surface area contributed by atoms with Gasteiger partial charge in [0.05, 0.1) is 10.6 Å². The zero-order chi connectivity index (χ0) is 14.7. The second-order valence-corrected chi connectivity index (χ2v) is 4.98. The van der Waals surface area contributed by atoms with Crippen molar-refractivity contribution >= 4 is 27.3 Å². The van der Waals surface area contributed by atoms with Gasteiger partial charge in [0, 0.05) is 16.7 Å². The van der Waals surface area contributed by atoms with E-state index < -0.39 is 4.92 Å². The molecule has 6 nitrogen and oxygen atoms in total. The fourth-order valence-corrected chi connectivity index (χ4v) is 1.99. The largest absolute Gasteiger partial charge is 0.430 e. The van der Waals surface area contributed by atoms with Gasteiger partial charge < -0.3 is 10.5 Å². The Balaban J connectivity index is 2.40. The van der Waals surface area contributed by atoms with Gasteiger partial charge in [0.1, 0.15) is 0 Å². The highest BCUT2D eigenvalue weighted by Crippen LogP contribution is 2.34.